The van der Waals surface area contributed by atoms with E-state index in [9.17, 15) is 4.79 Å². The van der Waals surface area contributed by atoms with Crippen LogP contribution in [-0.4, -0.2) is 18.1 Å². The van der Waals surface area contributed by atoms with E-state index in [4.69, 9.17) is 17.5 Å². The van der Waals surface area contributed by atoms with Crippen LogP contribution in [0.5, 0.6) is 0 Å². The molecule has 1 aromatic rings. The zero-order valence-electron chi connectivity index (χ0n) is 8.64. The number of esters is 1. The molecule has 1 atom stereocenters. The summed E-state index contributed by atoms with van der Waals surface area (Å²) >= 11 is 4.96. The van der Waals surface area contributed by atoms with E-state index in [1.807, 2.05) is 18.2 Å². The summed E-state index contributed by atoms with van der Waals surface area (Å²) in [4.78, 5) is 11.3. The lowest BCUT2D eigenvalue weighted by Gasteiger charge is -2.10. The summed E-state index contributed by atoms with van der Waals surface area (Å²) in [5.41, 5.74) is 0.733. The number of para-hydroxylation sites is 1. The molecule has 0 aliphatic heterocycles. The maximum absolute atomic E-state index is 11.2. The van der Waals surface area contributed by atoms with Crippen molar-refractivity contribution >= 4 is 28.9 Å². The van der Waals surface area contributed by atoms with Crippen LogP contribution in [0.15, 0.2) is 30.3 Å². The highest BCUT2D eigenvalue weighted by molar-refractivity contribution is 7.80. The predicted octanol–water partition coefficient (Wildman–Crippen LogP) is 1.74. The lowest BCUT2D eigenvalue weighted by Crippen LogP contribution is -2.27. The number of rotatable bonds is 3. The molecule has 4 nitrogen and oxygen atoms in total. The molecule has 0 heterocycles. The Morgan fingerprint density at radius 2 is 2.12 bits per heavy atom. The molecular formula is C11H10N2O2S. The molecule has 0 aromatic heterocycles. The Kier molecular flexibility index (Phi) is 4.42. The van der Waals surface area contributed by atoms with E-state index < -0.39 is 11.9 Å². The van der Waals surface area contributed by atoms with Gasteiger partial charge in [-0.25, -0.2) is 0 Å². The van der Waals surface area contributed by atoms with E-state index in [0.29, 0.717) is 0 Å². The molecule has 0 spiro atoms. The minimum absolute atomic E-state index is 0.139. The van der Waals surface area contributed by atoms with Crippen molar-refractivity contribution in [2.45, 2.75) is 0 Å². The number of carbonyl (C=O) groups excluding carboxylic acids is 1. The summed E-state index contributed by atoms with van der Waals surface area (Å²) in [6.45, 7) is 0. The first-order valence-electron chi connectivity index (χ1n) is 4.52. The molecule has 0 saturated heterocycles. The van der Waals surface area contributed by atoms with Crippen LogP contribution in [0.3, 0.4) is 0 Å². The van der Waals surface area contributed by atoms with Crippen molar-refractivity contribution in [3.05, 3.63) is 30.3 Å². The fraction of sp³-hybridized carbons (Fsp3) is 0.182. The zero-order valence-corrected chi connectivity index (χ0v) is 9.45. The van der Waals surface area contributed by atoms with Crippen LogP contribution in [0.25, 0.3) is 0 Å². The largest absolute Gasteiger partial charge is 0.468 e. The van der Waals surface area contributed by atoms with Gasteiger partial charge >= 0.3 is 5.97 Å². The fourth-order valence-electron chi connectivity index (χ4n) is 1.07. The molecule has 0 aliphatic carbocycles. The van der Waals surface area contributed by atoms with Crippen LogP contribution in [0.1, 0.15) is 0 Å². The van der Waals surface area contributed by atoms with Gasteiger partial charge in [0.15, 0.2) is 5.92 Å². The first-order chi connectivity index (χ1) is 7.69. The topological polar surface area (TPSA) is 62.1 Å². The Bertz CT molecular complexity index is 425. The molecule has 0 radical (unpaired) electrons. The number of hydrogen-bond acceptors (Lipinski definition) is 4. The molecule has 0 aliphatic rings. The van der Waals surface area contributed by atoms with Crippen molar-refractivity contribution < 1.29 is 9.53 Å². The Morgan fingerprint density at radius 3 is 2.62 bits per heavy atom. The number of anilines is 1. The number of nitrogens with zero attached hydrogens (tertiary/aromatic N) is 1. The third kappa shape index (κ3) is 3.04. The van der Waals surface area contributed by atoms with Crippen molar-refractivity contribution in [2.24, 2.45) is 5.92 Å². The molecule has 0 unspecified atom stereocenters. The van der Waals surface area contributed by atoms with Gasteiger partial charge < -0.3 is 10.1 Å². The second-order valence-electron chi connectivity index (χ2n) is 2.94. The van der Waals surface area contributed by atoms with Gasteiger partial charge in [-0.1, -0.05) is 30.4 Å². The zero-order chi connectivity index (χ0) is 12.0. The fourth-order valence-corrected chi connectivity index (χ4v) is 1.34. The summed E-state index contributed by atoms with van der Waals surface area (Å²) in [7, 11) is 1.22. The lowest BCUT2D eigenvalue weighted by molar-refractivity contribution is -0.141. The molecule has 0 bridgehead atoms. The van der Waals surface area contributed by atoms with Gasteiger partial charge in [-0.2, -0.15) is 5.26 Å². The van der Waals surface area contributed by atoms with E-state index in [1.54, 1.807) is 18.2 Å². The van der Waals surface area contributed by atoms with E-state index in [0.717, 1.165) is 5.69 Å². The van der Waals surface area contributed by atoms with Gasteiger partial charge in [0.25, 0.3) is 0 Å². The summed E-state index contributed by atoms with van der Waals surface area (Å²) < 4.78 is 4.47. The normalized spacial score (nSPS) is 11.0. The van der Waals surface area contributed by atoms with Crippen molar-refractivity contribution in [2.75, 3.05) is 12.4 Å². The van der Waals surface area contributed by atoms with Crippen LogP contribution in [0.4, 0.5) is 5.69 Å². The third-order valence-corrected chi connectivity index (χ3v) is 2.21. The number of thiocarbonyl (C=S) groups is 1. The molecule has 82 valence electrons. The van der Waals surface area contributed by atoms with E-state index >= 15 is 0 Å². The minimum Gasteiger partial charge on any atom is -0.468 e. The van der Waals surface area contributed by atoms with E-state index in [1.165, 1.54) is 7.11 Å². The smallest absolute Gasteiger partial charge is 0.330 e. The van der Waals surface area contributed by atoms with Crippen molar-refractivity contribution in [1.29, 1.82) is 5.26 Å². The molecule has 0 fully saturated rings. The number of benzene rings is 1. The van der Waals surface area contributed by atoms with Gasteiger partial charge in [0.05, 0.1) is 13.2 Å². The lowest BCUT2D eigenvalue weighted by atomic mass is 10.1. The number of nitrogens with one attached hydrogen (secondary N) is 1. The molecule has 1 N–H and O–H groups in total. The second-order valence-corrected chi connectivity index (χ2v) is 3.38. The highest BCUT2D eigenvalue weighted by atomic mass is 32.1. The van der Waals surface area contributed by atoms with Crippen LogP contribution < -0.4 is 5.32 Å². The maximum Gasteiger partial charge on any atom is 0.330 e. The average molecular weight is 234 g/mol. The standard InChI is InChI=1S/C11H10N2O2S/c1-15-11(14)9(7-12)10(16)13-8-5-3-2-4-6-8/h2-6,9H,1H3,(H,13,16)/t9-/m0/s1. The molecule has 0 saturated carbocycles. The van der Waals surface area contributed by atoms with Crippen molar-refractivity contribution in [3.8, 4) is 6.07 Å². The van der Waals surface area contributed by atoms with Crippen LogP contribution in [0.2, 0.25) is 0 Å². The monoisotopic (exact) mass is 234 g/mol. The highest BCUT2D eigenvalue weighted by Gasteiger charge is 2.23. The third-order valence-electron chi connectivity index (χ3n) is 1.87. The van der Waals surface area contributed by atoms with Crippen molar-refractivity contribution in [3.63, 3.8) is 0 Å². The number of ether oxygens (including phenoxy) is 1. The van der Waals surface area contributed by atoms with Gasteiger partial charge in [0.1, 0.15) is 4.99 Å². The molecule has 0 amide bonds. The van der Waals surface area contributed by atoms with Crippen LogP contribution >= 0.6 is 12.2 Å². The molecule has 1 rings (SSSR count). The average Bonchev–Trinajstić information content (AvgIpc) is 2.31. The first kappa shape index (κ1) is 12.1. The molecule has 16 heavy (non-hydrogen) atoms. The van der Waals surface area contributed by atoms with Gasteiger partial charge in [0, 0.05) is 5.69 Å². The Hall–Kier alpha value is -1.93. The number of methoxy groups -OCH3 is 1. The highest BCUT2D eigenvalue weighted by Crippen LogP contribution is 2.09. The first-order valence-corrected chi connectivity index (χ1v) is 4.93. The maximum atomic E-state index is 11.2. The predicted molar refractivity (Wildman–Crippen MR) is 63.8 cm³/mol. The van der Waals surface area contributed by atoms with E-state index in [2.05, 4.69) is 10.1 Å². The van der Waals surface area contributed by atoms with Crippen LogP contribution in [0, 0.1) is 17.2 Å². The number of carbonyl (C=O) groups is 1. The summed E-state index contributed by atoms with van der Waals surface area (Å²) in [6.07, 6.45) is 0. The number of hydrogen-bond donors (Lipinski definition) is 1. The summed E-state index contributed by atoms with van der Waals surface area (Å²) in [5.74, 6) is -1.73. The minimum atomic E-state index is -1.07. The molecular weight excluding hydrogens is 224 g/mol. The second kappa shape index (κ2) is 5.83. The Morgan fingerprint density at radius 1 is 1.50 bits per heavy atom. The summed E-state index contributed by atoms with van der Waals surface area (Å²) in [6, 6.07) is 10.9. The summed E-state index contributed by atoms with van der Waals surface area (Å²) in [5, 5.41) is 11.6. The SMILES string of the molecule is COC(=O)[C@@H](C#N)C(=S)Nc1ccccc1. The van der Waals surface area contributed by atoms with Gasteiger partial charge in [0.2, 0.25) is 0 Å². The Balaban J connectivity index is 2.72. The molecule has 1 aromatic carbocycles. The van der Waals surface area contributed by atoms with E-state index in [-0.39, 0.29) is 4.99 Å². The molecule has 5 heteroatoms. The van der Waals surface area contributed by atoms with Crippen molar-refractivity contribution in [1.82, 2.24) is 0 Å². The quantitative estimate of drug-likeness (QED) is 0.637. The Labute approximate surface area is 98.8 Å². The van der Waals surface area contributed by atoms with Crippen LogP contribution in [-0.2, 0) is 9.53 Å². The van der Waals surface area contributed by atoms with Gasteiger partial charge in [-0.05, 0) is 12.1 Å². The van der Waals surface area contributed by atoms with Gasteiger partial charge in [-0.15, -0.1) is 0 Å². The van der Waals surface area contributed by atoms with Gasteiger partial charge in [-0.3, -0.25) is 4.79 Å². The number of nitriles is 1.